The zero-order valence-electron chi connectivity index (χ0n) is 21.7. The van der Waals surface area contributed by atoms with Crippen LogP contribution in [-0.2, 0) is 0 Å². The number of hydrogen-bond acceptors (Lipinski definition) is 0. The van der Waals surface area contributed by atoms with Gasteiger partial charge in [-0.1, -0.05) is 188 Å². The zero-order chi connectivity index (χ0) is 22.0. The summed E-state index contributed by atoms with van der Waals surface area (Å²) in [6.45, 7) is 8.69. The van der Waals surface area contributed by atoms with E-state index < -0.39 is 0 Å². The van der Waals surface area contributed by atoms with Crippen molar-refractivity contribution in [1.29, 1.82) is 0 Å². The van der Waals surface area contributed by atoms with Crippen LogP contribution in [0, 0.1) is 12.8 Å². The van der Waals surface area contributed by atoms with Crippen LogP contribution in [0.5, 0.6) is 0 Å². The fraction of sp³-hybridized carbons (Fsp3) is 0.967. The van der Waals surface area contributed by atoms with Gasteiger partial charge in [-0.05, 0) is 5.92 Å². The van der Waals surface area contributed by atoms with Gasteiger partial charge < -0.3 is 0 Å². The van der Waals surface area contributed by atoms with Crippen molar-refractivity contribution >= 4 is 0 Å². The van der Waals surface area contributed by atoms with E-state index in [-0.39, 0.29) is 0 Å². The second-order valence-corrected chi connectivity index (χ2v) is 10.2. The highest BCUT2D eigenvalue weighted by molar-refractivity contribution is 4.62. The van der Waals surface area contributed by atoms with Crippen LogP contribution in [0.4, 0.5) is 0 Å². The van der Waals surface area contributed by atoms with E-state index in [1.165, 1.54) is 161 Å². The summed E-state index contributed by atoms with van der Waals surface area (Å²) in [5.41, 5.74) is 0. The van der Waals surface area contributed by atoms with Crippen LogP contribution in [0.3, 0.4) is 0 Å². The minimum absolute atomic E-state index is 1.000. The predicted molar refractivity (Wildman–Crippen MR) is 140 cm³/mol. The molecule has 1 radical (unpaired) electrons. The maximum atomic E-state index is 4.07. The fourth-order valence-corrected chi connectivity index (χ4v) is 4.88. The molecule has 30 heavy (non-hydrogen) atoms. The normalized spacial score (nSPS) is 12.5. The van der Waals surface area contributed by atoms with Crippen LogP contribution >= 0.6 is 0 Å². The molecule has 0 heterocycles. The highest BCUT2D eigenvalue weighted by Gasteiger charge is 2.08. The van der Waals surface area contributed by atoms with Crippen molar-refractivity contribution in [3.8, 4) is 0 Å². The monoisotopic (exact) mass is 421 g/mol. The highest BCUT2D eigenvalue weighted by atomic mass is 14.1. The summed E-state index contributed by atoms with van der Waals surface area (Å²) in [6.07, 6.45) is 37.6. The number of unbranched alkanes of at least 4 members (excludes halogenated alkanes) is 20. The summed E-state index contributed by atoms with van der Waals surface area (Å²) in [7, 11) is 0. The molecule has 0 amide bonds. The second-order valence-electron chi connectivity index (χ2n) is 10.2. The van der Waals surface area contributed by atoms with E-state index in [0.29, 0.717) is 0 Å². The molecule has 0 rings (SSSR count). The number of hydrogen-bond donors (Lipinski definition) is 0. The van der Waals surface area contributed by atoms with E-state index in [1.54, 1.807) is 0 Å². The van der Waals surface area contributed by atoms with Crippen molar-refractivity contribution in [2.24, 2.45) is 5.92 Å². The molecule has 0 aliphatic heterocycles. The van der Waals surface area contributed by atoms with E-state index >= 15 is 0 Å². The van der Waals surface area contributed by atoms with E-state index in [4.69, 9.17) is 0 Å². The third-order valence-electron chi connectivity index (χ3n) is 7.04. The minimum atomic E-state index is 1.000. The third-order valence-corrected chi connectivity index (χ3v) is 7.04. The Morgan fingerprint density at radius 1 is 0.367 bits per heavy atom. The van der Waals surface area contributed by atoms with Crippen LogP contribution in [0.25, 0.3) is 0 Å². The molecule has 0 aromatic rings. The van der Waals surface area contributed by atoms with E-state index in [1.807, 2.05) is 0 Å². The zero-order valence-corrected chi connectivity index (χ0v) is 21.7. The van der Waals surface area contributed by atoms with Gasteiger partial charge in [0, 0.05) is 0 Å². The Morgan fingerprint density at radius 2 is 0.633 bits per heavy atom. The van der Waals surface area contributed by atoms with Gasteiger partial charge >= 0.3 is 0 Å². The van der Waals surface area contributed by atoms with Crippen molar-refractivity contribution in [1.82, 2.24) is 0 Å². The third kappa shape index (κ3) is 24.3. The van der Waals surface area contributed by atoms with Crippen LogP contribution in [0.1, 0.15) is 181 Å². The van der Waals surface area contributed by atoms with Crippen molar-refractivity contribution in [2.45, 2.75) is 181 Å². The predicted octanol–water partition coefficient (Wildman–Crippen LogP) is 11.6. The lowest BCUT2D eigenvalue weighted by atomic mass is 9.90. The highest BCUT2D eigenvalue weighted by Crippen LogP contribution is 2.24. The van der Waals surface area contributed by atoms with Gasteiger partial charge in [-0.15, -0.1) is 0 Å². The average Bonchev–Trinajstić information content (AvgIpc) is 2.76. The molecule has 0 heteroatoms. The largest absolute Gasteiger partial charge is 0.0654 e. The van der Waals surface area contributed by atoms with Crippen molar-refractivity contribution in [3.05, 3.63) is 6.92 Å². The maximum Gasteiger partial charge on any atom is -0.0414 e. The topological polar surface area (TPSA) is 0 Å². The molecule has 0 aliphatic carbocycles. The molecule has 0 saturated heterocycles. The lowest BCUT2D eigenvalue weighted by molar-refractivity contribution is 0.372. The Labute approximate surface area is 193 Å². The average molecular weight is 422 g/mol. The summed E-state index contributed by atoms with van der Waals surface area (Å²) >= 11 is 0. The molecule has 0 aliphatic rings. The summed E-state index contributed by atoms with van der Waals surface area (Å²) < 4.78 is 0. The van der Waals surface area contributed by atoms with E-state index in [2.05, 4.69) is 20.8 Å². The van der Waals surface area contributed by atoms with Crippen molar-refractivity contribution < 1.29 is 0 Å². The molecule has 0 nitrogen and oxygen atoms in total. The van der Waals surface area contributed by atoms with Gasteiger partial charge in [0.2, 0.25) is 0 Å². The SMILES string of the molecule is [CH2]CCCC(CCCCCCCCCC)CCCCCCCCCCCCCCC. The molecule has 0 spiro atoms. The van der Waals surface area contributed by atoms with Crippen molar-refractivity contribution in [3.63, 3.8) is 0 Å². The first kappa shape index (κ1) is 30.0. The van der Waals surface area contributed by atoms with Crippen LogP contribution in [0.15, 0.2) is 0 Å². The molecule has 0 bridgehead atoms. The quantitative estimate of drug-likeness (QED) is 0.122. The molecule has 0 fully saturated rings. The molecule has 1 unspecified atom stereocenters. The summed E-state index contributed by atoms with van der Waals surface area (Å²) in [5.74, 6) is 1.000. The maximum absolute atomic E-state index is 4.07. The Balaban J connectivity index is 3.48. The first-order valence-corrected chi connectivity index (χ1v) is 14.6. The minimum Gasteiger partial charge on any atom is -0.0654 e. The molecule has 0 aromatic heterocycles. The molecular formula is C30H61. The van der Waals surface area contributed by atoms with Crippen LogP contribution < -0.4 is 0 Å². The van der Waals surface area contributed by atoms with Crippen LogP contribution in [0.2, 0.25) is 0 Å². The summed E-state index contributed by atoms with van der Waals surface area (Å²) in [4.78, 5) is 0. The molecule has 1 atom stereocenters. The van der Waals surface area contributed by atoms with Gasteiger partial charge in [0.05, 0.1) is 0 Å². The van der Waals surface area contributed by atoms with E-state index in [0.717, 1.165) is 12.3 Å². The van der Waals surface area contributed by atoms with E-state index in [9.17, 15) is 0 Å². The molecule has 181 valence electrons. The van der Waals surface area contributed by atoms with Crippen molar-refractivity contribution in [2.75, 3.05) is 0 Å². The fourth-order valence-electron chi connectivity index (χ4n) is 4.88. The smallest absolute Gasteiger partial charge is 0.0414 e. The Bertz CT molecular complexity index is 282. The van der Waals surface area contributed by atoms with Gasteiger partial charge in [-0.25, -0.2) is 0 Å². The van der Waals surface area contributed by atoms with Gasteiger partial charge in [0.1, 0.15) is 0 Å². The van der Waals surface area contributed by atoms with Gasteiger partial charge in [0.15, 0.2) is 0 Å². The Kier molecular flexibility index (Phi) is 27.0. The van der Waals surface area contributed by atoms with Crippen LogP contribution in [-0.4, -0.2) is 0 Å². The first-order chi connectivity index (χ1) is 14.8. The van der Waals surface area contributed by atoms with Gasteiger partial charge in [-0.3, -0.25) is 0 Å². The second kappa shape index (κ2) is 27.0. The Hall–Kier alpha value is 0. The first-order valence-electron chi connectivity index (χ1n) is 14.6. The summed E-state index contributed by atoms with van der Waals surface area (Å²) in [5, 5.41) is 0. The molecular weight excluding hydrogens is 360 g/mol. The standard InChI is InChI=1S/C30H61/c1-4-7-10-12-14-16-17-18-19-20-22-24-26-29-30(27-9-6-3)28-25-23-21-15-13-11-8-5-2/h30H,3-29H2,1-2H3. The molecule has 0 saturated carbocycles. The van der Waals surface area contributed by atoms with Gasteiger partial charge in [-0.2, -0.15) is 0 Å². The number of rotatable bonds is 26. The Morgan fingerprint density at radius 3 is 0.933 bits per heavy atom. The lowest BCUT2D eigenvalue weighted by Crippen LogP contribution is -2.01. The van der Waals surface area contributed by atoms with Gasteiger partial charge in [0.25, 0.3) is 0 Å². The molecule has 0 N–H and O–H groups in total. The molecule has 0 aromatic carbocycles. The summed E-state index contributed by atoms with van der Waals surface area (Å²) in [6, 6.07) is 0. The lowest BCUT2D eigenvalue weighted by Gasteiger charge is -2.16.